The number of benzene rings is 2. The number of rotatable bonds is 8. The van der Waals surface area contributed by atoms with Crippen molar-refractivity contribution in [2.75, 3.05) is 11.9 Å². The molecule has 166 valence electrons. The summed E-state index contributed by atoms with van der Waals surface area (Å²) in [6, 6.07) is 21.3. The Hall–Kier alpha value is -4.26. The highest BCUT2D eigenvalue weighted by Gasteiger charge is 2.18. The average Bonchev–Trinajstić information content (AvgIpc) is 2.87. The summed E-state index contributed by atoms with van der Waals surface area (Å²) in [6.07, 6.45) is 5.66. The summed E-state index contributed by atoms with van der Waals surface area (Å²) in [5.74, 6) is 0.870. The number of H-pyrrole nitrogens is 1. The number of ether oxygens (including phenoxy) is 1. The number of amides is 1. The topological polar surface area (TPSA) is 88.2 Å². The molecule has 0 saturated heterocycles. The third-order valence-electron chi connectivity index (χ3n) is 5.26. The quantitative estimate of drug-likeness (QED) is 0.450. The first-order valence-corrected chi connectivity index (χ1v) is 10.6. The van der Waals surface area contributed by atoms with Gasteiger partial charge in [-0.3, -0.25) is 14.6 Å². The summed E-state index contributed by atoms with van der Waals surface area (Å²) < 4.78 is 6.01. The first-order chi connectivity index (χ1) is 16.1. The van der Waals surface area contributed by atoms with E-state index < -0.39 is 11.5 Å². The molecule has 2 heterocycles. The van der Waals surface area contributed by atoms with Gasteiger partial charge in [-0.2, -0.15) is 0 Å². The number of hydrogen-bond acceptors (Lipinski definition) is 5. The van der Waals surface area contributed by atoms with Crippen LogP contribution in [0, 0.1) is 0 Å². The highest BCUT2D eigenvalue weighted by molar-refractivity contribution is 6.05. The second kappa shape index (κ2) is 10.4. The van der Waals surface area contributed by atoms with E-state index in [4.69, 9.17) is 4.74 Å². The highest BCUT2D eigenvalue weighted by atomic mass is 16.5. The van der Waals surface area contributed by atoms with Gasteiger partial charge in [0.15, 0.2) is 0 Å². The van der Waals surface area contributed by atoms with Crippen molar-refractivity contribution >= 4 is 11.6 Å². The van der Waals surface area contributed by atoms with Crippen molar-refractivity contribution in [3.05, 3.63) is 118 Å². The van der Waals surface area contributed by atoms with Crippen LogP contribution in [0.15, 0.2) is 90.1 Å². The van der Waals surface area contributed by atoms with E-state index in [0.717, 1.165) is 16.9 Å². The number of carbonyl (C=O) groups excluding carboxylic acids is 1. The molecule has 0 radical (unpaired) electrons. The Morgan fingerprint density at radius 3 is 2.52 bits per heavy atom. The lowest BCUT2D eigenvalue weighted by atomic mass is 10.1. The number of carbonyl (C=O) groups is 1. The largest absolute Gasteiger partial charge is 0.489 e. The lowest BCUT2D eigenvalue weighted by molar-refractivity contribution is 0.0991. The maximum Gasteiger partial charge on any atom is 0.265 e. The van der Waals surface area contributed by atoms with Crippen LogP contribution in [-0.2, 0) is 19.4 Å². The minimum atomic E-state index is -0.464. The smallest absolute Gasteiger partial charge is 0.265 e. The number of anilines is 1. The second-order valence-corrected chi connectivity index (χ2v) is 7.53. The lowest BCUT2D eigenvalue weighted by Gasteiger charge is -2.16. The Morgan fingerprint density at radius 2 is 1.76 bits per heavy atom. The predicted octanol–water partition coefficient (Wildman–Crippen LogP) is 3.81. The summed E-state index contributed by atoms with van der Waals surface area (Å²) in [7, 11) is 1.60. The molecule has 0 fully saturated rings. The molecular formula is C26H24N4O3. The van der Waals surface area contributed by atoms with Gasteiger partial charge in [0.25, 0.3) is 11.5 Å². The normalized spacial score (nSPS) is 10.6. The van der Waals surface area contributed by atoms with Crippen LogP contribution in [0.4, 0.5) is 5.69 Å². The number of nitrogens with one attached hydrogen (secondary N) is 1. The zero-order valence-electron chi connectivity index (χ0n) is 18.3. The molecule has 0 atom stereocenters. The van der Waals surface area contributed by atoms with Crippen molar-refractivity contribution in [3.8, 4) is 5.75 Å². The second-order valence-electron chi connectivity index (χ2n) is 7.53. The van der Waals surface area contributed by atoms with Gasteiger partial charge in [0.2, 0.25) is 0 Å². The van der Waals surface area contributed by atoms with Gasteiger partial charge in [0.1, 0.15) is 23.7 Å². The Labute approximate surface area is 191 Å². The zero-order chi connectivity index (χ0) is 23.0. The van der Waals surface area contributed by atoms with E-state index in [9.17, 15) is 9.59 Å². The van der Waals surface area contributed by atoms with Crippen LogP contribution < -0.4 is 15.2 Å². The Morgan fingerprint density at radius 1 is 0.970 bits per heavy atom. The van der Waals surface area contributed by atoms with E-state index >= 15 is 0 Å². The number of pyridine rings is 1. The number of para-hydroxylation sites is 1. The van der Waals surface area contributed by atoms with Crippen molar-refractivity contribution < 1.29 is 9.53 Å². The number of hydrogen-bond donors (Lipinski definition) is 1. The number of aryl methyl sites for hydroxylation is 2. The molecule has 0 spiro atoms. The van der Waals surface area contributed by atoms with Crippen molar-refractivity contribution in [2.45, 2.75) is 19.4 Å². The fraction of sp³-hybridized carbons (Fsp3) is 0.154. The molecule has 0 unspecified atom stereocenters. The summed E-state index contributed by atoms with van der Waals surface area (Å²) in [5, 5.41) is 0. The maximum atomic E-state index is 12.7. The Kier molecular flexibility index (Phi) is 6.90. The molecule has 1 N–H and O–H groups in total. The van der Waals surface area contributed by atoms with Crippen LogP contribution in [0.3, 0.4) is 0 Å². The fourth-order valence-corrected chi connectivity index (χ4v) is 3.40. The molecule has 7 nitrogen and oxygen atoms in total. The number of aromatic amines is 1. The summed E-state index contributed by atoms with van der Waals surface area (Å²) in [5.41, 5.74) is 2.23. The van der Waals surface area contributed by atoms with Gasteiger partial charge >= 0.3 is 0 Å². The molecule has 0 bridgehead atoms. The molecule has 0 aliphatic carbocycles. The fourth-order valence-electron chi connectivity index (χ4n) is 3.40. The van der Waals surface area contributed by atoms with Gasteiger partial charge in [-0.1, -0.05) is 48.5 Å². The monoisotopic (exact) mass is 440 g/mol. The summed E-state index contributed by atoms with van der Waals surface area (Å²) >= 11 is 0. The van der Waals surface area contributed by atoms with Crippen LogP contribution in [0.1, 0.15) is 27.3 Å². The van der Waals surface area contributed by atoms with E-state index in [1.54, 1.807) is 31.6 Å². The standard InChI is InChI=1S/C26H24N4O3/c1-30(21-11-7-15-27-16-21)26(32)22-17-28-24(29-25(22)31)14-13-20-10-5-6-12-23(20)33-18-19-8-3-2-4-9-19/h2-12,15-17H,13-14,18H2,1H3,(H,28,29,31). The van der Waals surface area contributed by atoms with Gasteiger partial charge in [-0.25, -0.2) is 4.98 Å². The Balaban J connectivity index is 1.42. The third kappa shape index (κ3) is 5.51. The highest BCUT2D eigenvalue weighted by Crippen LogP contribution is 2.21. The first-order valence-electron chi connectivity index (χ1n) is 10.6. The van der Waals surface area contributed by atoms with Crippen LogP contribution in [0.25, 0.3) is 0 Å². The first kappa shape index (κ1) is 22.0. The molecule has 0 aliphatic rings. The van der Waals surface area contributed by atoms with Gasteiger partial charge < -0.3 is 14.6 Å². The molecule has 2 aromatic heterocycles. The third-order valence-corrected chi connectivity index (χ3v) is 5.26. The van der Waals surface area contributed by atoms with Crippen molar-refractivity contribution in [2.24, 2.45) is 0 Å². The lowest BCUT2D eigenvalue weighted by Crippen LogP contribution is -2.32. The van der Waals surface area contributed by atoms with E-state index in [1.165, 1.54) is 11.1 Å². The predicted molar refractivity (Wildman–Crippen MR) is 126 cm³/mol. The summed E-state index contributed by atoms with van der Waals surface area (Å²) in [4.78, 5) is 37.7. The average molecular weight is 441 g/mol. The van der Waals surface area contributed by atoms with Crippen LogP contribution >= 0.6 is 0 Å². The van der Waals surface area contributed by atoms with Crippen molar-refractivity contribution in [3.63, 3.8) is 0 Å². The molecule has 0 saturated carbocycles. The van der Waals surface area contributed by atoms with Gasteiger partial charge in [-0.15, -0.1) is 0 Å². The van der Waals surface area contributed by atoms with Gasteiger partial charge in [0, 0.05) is 25.9 Å². The molecule has 2 aromatic carbocycles. The molecule has 4 rings (SSSR count). The van der Waals surface area contributed by atoms with Crippen molar-refractivity contribution in [1.29, 1.82) is 0 Å². The summed E-state index contributed by atoms with van der Waals surface area (Å²) in [6.45, 7) is 0.480. The van der Waals surface area contributed by atoms with Crippen LogP contribution in [0.2, 0.25) is 0 Å². The zero-order valence-corrected chi connectivity index (χ0v) is 18.3. The van der Waals surface area contributed by atoms with Crippen LogP contribution in [0.5, 0.6) is 5.75 Å². The molecule has 7 heteroatoms. The molecule has 0 aliphatic heterocycles. The Bertz CT molecular complexity index is 1270. The van der Waals surface area contributed by atoms with Gasteiger partial charge in [-0.05, 0) is 35.7 Å². The minimum absolute atomic E-state index is 0.0169. The molecule has 1 amide bonds. The van der Waals surface area contributed by atoms with Gasteiger partial charge in [0.05, 0.1) is 11.9 Å². The molecule has 4 aromatic rings. The van der Waals surface area contributed by atoms with E-state index in [2.05, 4.69) is 15.0 Å². The SMILES string of the molecule is CN(C(=O)c1cnc(CCc2ccccc2OCc2ccccc2)[nH]c1=O)c1cccnc1. The minimum Gasteiger partial charge on any atom is -0.489 e. The molecule has 33 heavy (non-hydrogen) atoms. The van der Waals surface area contributed by atoms with Crippen LogP contribution in [-0.4, -0.2) is 27.9 Å². The van der Waals surface area contributed by atoms with E-state index in [0.29, 0.717) is 31.0 Å². The molecular weight excluding hydrogens is 416 g/mol. The number of aromatic nitrogens is 3. The van der Waals surface area contributed by atoms with Crippen molar-refractivity contribution in [1.82, 2.24) is 15.0 Å². The number of nitrogens with zero attached hydrogens (tertiary/aromatic N) is 3. The maximum absolute atomic E-state index is 12.7. The van der Waals surface area contributed by atoms with E-state index in [-0.39, 0.29) is 5.56 Å². The van der Waals surface area contributed by atoms with E-state index in [1.807, 2.05) is 54.6 Å².